The first-order valence-corrected chi connectivity index (χ1v) is 6.79. The van der Waals surface area contributed by atoms with Crippen molar-refractivity contribution < 1.29 is 19.1 Å². The third-order valence-electron chi connectivity index (χ3n) is 3.39. The Labute approximate surface area is 121 Å². The van der Waals surface area contributed by atoms with E-state index in [1.54, 1.807) is 0 Å². The summed E-state index contributed by atoms with van der Waals surface area (Å²) in [4.78, 5) is 22.8. The van der Waals surface area contributed by atoms with Crippen LogP contribution in [0.15, 0.2) is 30.4 Å². The van der Waals surface area contributed by atoms with Gasteiger partial charge in [0.1, 0.15) is 5.82 Å². The quantitative estimate of drug-likeness (QED) is 0.746. The van der Waals surface area contributed by atoms with Gasteiger partial charge in [-0.3, -0.25) is 0 Å². The van der Waals surface area contributed by atoms with E-state index in [2.05, 4.69) is 22.8 Å². The van der Waals surface area contributed by atoms with Crippen molar-refractivity contribution in [1.82, 2.24) is 5.32 Å². The molecule has 0 saturated carbocycles. The fourth-order valence-electron chi connectivity index (χ4n) is 2.25. The number of allylic oxidation sites excluding steroid dienone is 2. The number of rotatable bonds is 4. The number of halogens is 1. The zero-order valence-electron chi connectivity index (χ0n) is 11.4. The maximum atomic E-state index is 13.0. The van der Waals surface area contributed by atoms with Gasteiger partial charge in [-0.15, -0.1) is 0 Å². The van der Waals surface area contributed by atoms with Gasteiger partial charge in [-0.2, -0.15) is 0 Å². The molecule has 21 heavy (non-hydrogen) atoms. The van der Waals surface area contributed by atoms with Gasteiger partial charge >= 0.3 is 12.0 Å². The van der Waals surface area contributed by atoms with Gasteiger partial charge in [-0.05, 0) is 43.4 Å². The number of hydrogen-bond donors (Lipinski definition) is 3. The second-order valence-electron chi connectivity index (χ2n) is 4.98. The Bertz CT molecular complexity index is 572. The van der Waals surface area contributed by atoms with Crippen LogP contribution in [0.4, 0.5) is 14.9 Å². The van der Waals surface area contributed by atoms with Gasteiger partial charge in [0, 0.05) is 6.54 Å². The van der Waals surface area contributed by atoms with Crippen molar-refractivity contribution in [2.45, 2.75) is 19.3 Å². The Hall–Kier alpha value is -2.37. The summed E-state index contributed by atoms with van der Waals surface area (Å²) in [6.07, 6.45) is 7.17. The fraction of sp³-hybridized carbons (Fsp3) is 0.333. The van der Waals surface area contributed by atoms with Crippen molar-refractivity contribution in [1.29, 1.82) is 0 Å². The summed E-state index contributed by atoms with van der Waals surface area (Å²) in [5.41, 5.74) is -0.198. The predicted octanol–water partition coefficient (Wildman–Crippen LogP) is 3.00. The number of nitrogens with one attached hydrogen (secondary N) is 2. The zero-order chi connectivity index (χ0) is 15.2. The molecule has 2 amide bonds. The van der Waals surface area contributed by atoms with Crippen molar-refractivity contribution in [2.75, 3.05) is 11.9 Å². The van der Waals surface area contributed by atoms with E-state index in [4.69, 9.17) is 5.11 Å². The highest BCUT2D eigenvalue weighted by Gasteiger charge is 2.15. The molecule has 0 saturated heterocycles. The van der Waals surface area contributed by atoms with Crippen LogP contribution in [0.3, 0.4) is 0 Å². The summed E-state index contributed by atoms with van der Waals surface area (Å²) < 4.78 is 13.0. The summed E-state index contributed by atoms with van der Waals surface area (Å²) >= 11 is 0. The summed E-state index contributed by atoms with van der Waals surface area (Å²) in [7, 11) is 0. The monoisotopic (exact) mass is 292 g/mol. The van der Waals surface area contributed by atoms with E-state index in [1.165, 1.54) is 6.07 Å². The lowest BCUT2D eigenvalue weighted by Gasteiger charge is -2.18. The third kappa shape index (κ3) is 4.30. The molecule has 0 bridgehead atoms. The molecular weight excluding hydrogens is 275 g/mol. The van der Waals surface area contributed by atoms with Gasteiger partial charge in [0.2, 0.25) is 0 Å². The lowest BCUT2D eigenvalue weighted by Crippen LogP contribution is -2.33. The number of urea groups is 1. The van der Waals surface area contributed by atoms with Crippen LogP contribution in [-0.4, -0.2) is 23.7 Å². The van der Waals surface area contributed by atoms with Gasteiger partial charge < -0.3 is 15.7 Å². The molecule has 1 aromatic rings. The first-order valence-electron chi connectivity index (χ1n) is 6.79. The number of anilines is 1. The lowest BCUT2D eigenvalue weighted by molar-refractivity contribution is 0.0697. The average Bonchev–Trinajstić information content (AvgIpc) is 2.48. The van der Waals surface area contributed by atoms with E-state index in [9.17, 15) is 14.0 Å². The molecule has 3 N–H and O–H groups in total. The fourth-order valence-corrected chi connectivity index (χ4v) is 2.25. The molecule has 2 rings (SSSR count). The Morgan fingerprint density at radius 3 is 2.81 bits per heavy atom. The number of hydrogen-bond acceptors (Lipinski definition) is 2. The highest BCUT2D eigenvalue weighted by Crippen LogP contribution is 2.18. The maximum absolute atomic E-state index is 13.0. The molecule has 0 aliphatic heterocycles. The smallest absolute Gasteiger partial charge is 0.337 e. The SMILES string of the molecule is O=C(NCC1CC=CCC1)Nc1ccc(F)cc1C(=O)O. The van der Waals surface area contributed by atoms with Crippen molar-refractivity contribution in [3.63, 3.8) is 0 Å². The number of benzene rings is 1. The molecule has 1 aromatic carbocycles. The minimum atomic E-state index is -1.29. The van der Waals surface area contributed by atoms with E-state index in [-0.39, 0.29) is 11.3 Å². The molecular formula is C15H17FN2O3. The number of aromatic carboxylic acids is 1. The van der Waals surface area contributed by atoms with Crippen LogP contribution in [-0.2, 0) is 0 Å². The standard InChI is InChI=1S/C15H17FN2O3/c16-11-6-7-13(12(8-11)14(19)20)18-15(21)17-9-10-4-2-1-3-5-10/h1-2,6-8,10H,3-5,9H2,(H,19,20)(H2,17,18,21). The summed E-state index contributed by atoms with van der Waals surface area (Å²) in [5.74, 6) is -1.55. The molecule has 0 fully saturated rings. The van der Waals surface area contributed by atoms with Gasteiger partial charge in [0.05, 0.1) is 11.3 Å². The van der Waals surface area contributed by atoms with Crippen LogP contribution in [0.5, 0.6) is 0 Å². The Balaban J connectivity index is 1.93. The maximum Gasteiger partial charge on any atom is 0.337 e. The first kappa shape index (κ1) is 15.0. The second kappa shape index (κ2) is 6.88. The van der Waals surface area contributed by atoms with E-state index in [0.717, 1.165) is 31.4 Å². The molecule has 0 radical (unpaired) electrons. The van der Waals surface area contributed by atoms with Crippen LogP contribution in [0.2, 0.25) is 0 Å². The van der Waals surface area contributed by atoms with Crippen molar-refractivity contribution in [2.24, 2.45) is 5.92 Å². The van der Waals surface area contributed by atoms with Gasteiger partial charge in [0.25, 0.3) is 0 Å². The van der Waals surface area contributed by atoms with Crippen LogP contribution >= 0.6 is 0 Å². The van der Waals surface area contributed by atoms with E-state index >= 15 is 0 Å². The number of carbonyl (C=O) groups excluding carboxylic acids is 1. The third-order valence-corrected chi connectivity index (χ3v) is 3.39. The Morgan fingerprint density at radius 1 is 1.33 bits per heavy atom. The number of carboxylic acids is 1. The molecule has 5 nitrogen and oxygen atoms in total. The van der Waals surface area contributed by atoms with Crippen LogP contribution in [0.1, 0.15) is 29.6 Å². The second-order valence-corrected chi connectivity index (χ2v) is 4.98. The molecule has 112 valence electrons. The summed E-state index contributed by atoms with van der Waals surface area (Å²) in [5, 5.41) is 14.1. The minimum Gasteiger partial charge on any atom is -0.478 e. The minimum absolute atomic E-state index is 0.0740. The van der Waals surface area contributed by atoms with Gasteiger partial charge in [-0.25, -0.2) is 14.0 Å². The van der Waals surface area contributed by atoms with Crippen molar-refractivity contribution in [3.05, 3.63) is 41.7 Å². The molecule has 0 spiro atoms. The number of amides is 2. The first-order chi connectivity index (χ1) is 10.1. The Morgan fingerprint density at radius 2 is 2.14 bits per heavy atom. The molecule has 1 unspecified atom stereocenters. The molecule has 1 aliphatic rings. The normalized spacial score (nSPS) is 17.3. The summed E-state index contributed by atoms with van der Waals surface area (Å²) in [6, 6.07) is 2.73. The van der Waals surface area contributed by atoms with E-state index in [1.807, 2.05) is 0 Å². The largest absolute Gasteiger partial charge is 0.478 e. The molecule has 1 atom stereocenters. The van der Waals surface area contributed by atoms with Crippen LogP contribution in [0, 0.1) is 11.7 Å². The predicted molar refractivity (Wildman–Crippen MR) is 76.9 cm³/mol. The number of carboxylic acid groups (broad SMARTS) is 1. The molecule has 0 heterocycles. The van der Waals surface area contributed by atoms with E-state index in [0.29, 0.717) is 12.5 Å². The lowest BCUT2D eigenvalue weighted by atomic mass is 9.94. The number of carbonyl (C=O) groups is 2. The topological polar surface area (TPSA) is 78.4 Å². The highest BCUT2D eigenvalue weighted by molar-refractivity contribution is 5.99. The molecule has 6 heteroatoms. The van der Waals surface area contributed by atoms with Gasteiger partial charge in [-0.1, -0.05) is 12.2 Å². The average molecular weight is 292 g/mol. The van der Waals surface area contributed by atoms with Crippen molar-refractivity contribution in [3.8, 4) is 0 Å². The zero-order valence-corrected chi connectivity index (χ0v) is 11.4. The van der Waals surface area contributed by atoms with Crippen molar-refractivity contribution >= 4 is 17.7 Å². The highest BCUT2D eigenvalue weighted by atomic mass is 19.1. The summed E-state index contributed by atoms with van der Waals surface area (Å²) in [6.45, 7) is 0.528. The molecule has 1 aliphatic carbocycles. The van der Waals surface area contributed by atoms with Crippen LogP contribution in [0.25, 0.3) is 0 Å². The van der Waals surface area contributed by atoms with Crippen LogP contribution < -0.4 is 10.6 Å². The Kier molecular flexibility index (Phi) is 4.92. The van der Waals surface area contributed by atoms with Gasteiger partial charge in [0.15, 0.2) is 0 Å². The molecule has 0 aromatic heterocycles. The van der Waals surface area contributed by atoms with E-state index < -0.39 is 17.8 Å².